The van der Waals surface area contributed by atoms with Gasteiger partial charge in [-0.2, -0.15) is 0 Å². The molecule has 20 heavy (non-hydrogen) atoms. The number of benzene rings is 1. The molecular formula is C16H17N3S. The van der Waals surface area contributed by atoms with Gasteiger partial charge in [0.05, 0.1) is 5.69 Å². The molecule has 1 aromatic heterocycles. The SMILES string of the molecule is CC1CCc2ccccc2N1c1ccnc(C(N)=S)c1. The number of aromatic nitrogens is 1. The zero-order valence-electron chi connectivity index (χ0n) is 11.4. The van der Waals surface area contributed by atoms with Crippen molar-refractivity contribution >= 4 is 28.6 Å². The van der Waals surface area contributed by atoms with Crippen molar-refractivity contribution in [2.75, 3.05) is 4.90 Å². The van der Waals surface area contributed by atoms with Gasteiger partial charge < -0.3 is 10.6 Å². The molecule has 0 saturated carbocycles. The second-order valence-corrected chi connectivity index (χ2v) is 5.59. The van der Waals surface area contributed by atoms with E-state index in [1.54, 1.807) is 6.20 Å². The predicted octanol–water partition coefficient (Wildman–Crippen LogP) is 3.19. The summed E-state index contributed by atoms with van der Waals surface area (Å²) in [4.78, 5) is 6.91. The molecule has 2 heterocycles. The molecule has 3 nitrogen and oxygen atoms in total. The number of anilines is 2. The normalized spacial score (nSPS) is 17.6. The fraction of sp³-hybridized carbons (Fsp3) is 0.250. The lowest BCUT2D eigenvalue weighted by atomic mass is 9.96. The quantitative estimate of drug-likeness (QED) is 0.860. The molecule has 0 saturated heterocycles. The molecule has 4 heteroatoms. The maximum absolute atomic E-state index is 5.69. The summed E-state index contributed by atoms with van der Waals surface area (Å²) in [5, 5.41) is 0. The summed E-state index contributed by atoms with van der Waals surface area (Å²) in [6.45, 7) is 2.25. The molecule has 0 bridgehead atoms. The van der Waals surface area contributed by atoms with Gasteiger partial charge in [-0.15, -0.1) is 0 Å². The lowest BCUT2D eigenvalue weighted by Gasteiger charge is -2.37. The van der Waals surface area contributed by atoms with E-state index in [0.29, 0.717) is 16.7 Å². The predicted molar refractivity (Wildman–Crippen MR) is 86.5 cm³/mol. The minimum Gasteiger partial charge on any atom is -0.388 e. The van der Waals surface area contributed by atoms with E-state index >= 15 is 0 Å². The van der Waals surface area contributed by atoms with Crippen molar-refractivity contribution in [2.24, 2.45) is 5.73 Å². The van der Waals surface area contributed by atoms with Crippen LogP contribution in [0.2, 0.25) is 0 Å². The van der Waals surface area contributed by atoms with E-state index in [4.69, 9.17) is 18.0 Å². The summed E-state index contributed by atoms with van der Waals surface area (Å²) in [6, 6.07) is 13.0. The van der Waals surface area contributed by atoms with Crippen LogP contribution in [0.5, 0.6) is 0 Å². The Hall–Kier alpha value is -1.94. The average molecular weight is 283 g/mol. The molecular weight excluding hydrogens is 266 g/mol. The summed E-state index contributed by atoms with van der Waals surface area (Å²) in [6.07, 6.45) is 4.04. The summed E-state index contributed by atoms with van der Waals surface area (Å²) in [5.74, 6) is 0. The van der Waals surface area contributed by atoms with Crippen molar-refractivity contribution in [2.45, 2.75) is 25.8 Å². The van der Waals surface area contributed by atoms with Crippen molar-refractivity contribution in [3.63, 3.8) is 0 Å². The van der Waals surface area contributed by atoms with Crippen molar-refractivity contribution in [3.05, 3.63) is 53.9 Å². The molecule has 102 valence electrons. The van der Waals surface area contributed by atoms with Crippen LogP contribution in [-0.4, -0.2) is 16.0 Å². The van der Waals surface area contributed by atoms with E-state index in [-0.39, 0.29) is 0 Å². The van der Waals surface area contributed by atoms with Crippen LogP contribution in [0, 0.1) is 0 Å². The highest BCUT2D eigenvalue weighted by Gasteiger charge is 2.24. The van der Waals surface area contributed by atoms with Gasteiger partial charge in [-0.1, -0.05) is 30.4 Å². The first-order valence-electron chi connectivity index (χ1n) is 6.80. The largest absolute Gasteiger partial charge is 0.388 e. The first kappa shape index (κ1) is 13.1. The highest BCUT2D eigenvalue weighted by atomic mass is 32.1. The maximum Gasteiger partial charge on any atom is 0.122 e. The Labute approximate surface area is 124 Å². The molecule has 0 fully saturated rings. The van der Waals surface area contributed by atoms with Gasteiger partial charge in [0.15, 0.2) is 0 Å². The molecule has 1 unspecified atom stereocenters. The third kappa shape index (κ3) is 2.27. The first-order valence-corrected chi connectivity index (χ1v) is 7.20. The van der Waals surface area contributed by atoms with Crippen LogP contribution in [0.1, 0.15) is 24.6 Å². The Morgan fingerprint density at radius 1 is 1.35 bits per heavy atom. The number of hydrogen-bond donors (Lipinski definition) is 1. The van der Waals surface area contributed by atoms with E-state index in [0.717, 1.165) is 18.5 Å². The Bertz CT molecular complexity index is 654. The second kappa shape index (κ2) is 5.21. The Kier molecular flexibility index (Phi) is 3.40. The van der Waals surface area contributed by atoms with Gasteiger partial charge in [-0.05, 0) is 43.5 Å². The summed E-state index contributed by atoms with van der Waals surface area (Å²) in [7, 11) is 0. The van der Waals surface area contributed by atoms with Crippen molar-refractivity contribution in [3.8, 4) is 0 Å². The van der Waals surface area contributed by atoms with Gasteiger partial charge in [0.25, 0.3) is 0 Å². The van der Waals surface area contributed by atoms with E-state index in [1.807, 2.05) is 12.1 Å². The highest BCUT2D eigenvalue weighted by Crippen LogP contribution is 2.36. The van der Waals surface area contributed by atoms with E-state index in [1.165, 1.54) is 11.3 Å². The van der Waals surface area contributed by atoms with E-state index < -0.39 is 0 Å². The Morgan fingerprint density at radius 3 is 2.95 bits per heavy atom. The fourth-order valence-corrected chi connectivity index (χ4v) is 2.90. The molecule has 1 atom stereocenters. The van der Waals surface area contributed by atoms with Gasteiger partial charge in [-0.3, -0.25) is 4.98 Å². The Morgan fingerprint density at radius 2 is 2.15 bits per heavy atom. The molecule has 1 aromatic carbocycles. The highest BCUT2D eigenvalue weighted by molar-refractivity contribution is 7.80. The molecule has 2 aromatic rings. The number of nitrogens with zero attached hydrogens (tertiary/aromatic N) is 2. The van der Waals surface area contributed by atoms with Crippen molar-refractivity contribution in [1.29, 1.82) is 0 Å². The van der Waals surface area contributed by atoms with Crippen molar-refractivity contribution in [1.82, 2.24) is 4.98 Å². The van der Waals surface area contributed by atoms with Gasteiger partial charge in [0.1, 0.15) is 4.99 Å². The topological polar surface area (TPSA) is 42.2 Å². The monoisotopic (exact) mass is 283 g/mol. The molecule has 0 radical (unpaired) electrons. The number of rotatable bonds is 2. The number of aryl methyl sites for hydroxylation is 1. The molecule has 0 amide bonds. The van der Waals surface area contributed by atoms with Crippen LogP contribution >= 0.6 is 12.2 Å². The molecule has 0 spiro atoms. The van der Waals surface area contributed by atoms with Gasteiger partial charge in [0.2, 0.25) is 0 Å². The number of para-hydroxylation sites is 1. The molecule has 0 aliphatic carbocycles. The first-order chi connectivity index (χ1) is 9.66. The number of hydrogen-bond acceptors (Lipinski definition) is 3. The standard InChI is InChI=1S/C16H17N3S/c1-11-6-7-12-4-2-3-5-15(12)19(11)13-8-9-18-14(10-13)16(17)20/h2-5,8-11H,6-7H2,1H3,(H2,17,20). The fourth-order valence-electron chi connectivity index (χ4n) is 2.79. The minimum atomic E-state index is 0.338. The number of nitrogens with two attached hydrogens (primary N) is 1. The van der Waals surface area contributed by atoms with Crippen LogP contribution in [0.4, 0.5) is 11.4 Å². The second-order valence-electron chi connectivity index (χ2n) is 5.15. The molecule has 1 aliphatic rings. The van der Waals surface area contributed by atoms with Crippen molar-refractivity contribution < 1.29 is 0 Å². The Balaban J connectivity index is 2.09. The summed E-state index contributed by atoms with van der Waals surface area (Å²) in [5.41, 5.74) is 10.1. The van der Waals surface area contributed by atoms with Crippen LogP contribution in [0.3, 0.4) is 0 Å². The smallest absolute Gasteiger partial charge is 0.122 e. The number of fused-ring (bicyclic) bond motifs is 1. The van der Waals surface area contributed by atoms with E-state index in [2.05, 4.69) is 41.1 Å². The minimum absolute atomic E-state index is 0.338. The van der Waals surface area contributed by atoms with Crippen LogP contribution in [0.15, 0.2) is 42.6 Å². The van der Waals surface area contributed by atoms with Gasteiger partial charge >= 0.3 is 0 Å². The lowest BCUT2D eigenvalue weighted by Crippen LogP contribution is -2.33. The zero-order valence-corrected chi connectivity index (χ0v) is 12.2. The van der Waals surface area contributed by atoms with Gasteiger partial charge in [-0.25, -0.2) is 0 Å². The lowest BCUT2D eigenvalue weighted by molar-refractivity contribution is 0.618. The van der Waals surface area contributed by atoms with Crippen LogP contribution < -0.4 is 10.6 Å². The molecule has 2 N–H and O–H groups in total. The number of pyridine rings is 1. The third-order valence-corrected chi connectivity index (χ3v) is 4.01. The molecule has 1 aliphatic heterocycles. The zero-order chi connectivity index (χ0) is 14.1. The summed E-state index contributed by atoms with van der Waals surface area (Å²) >= 11 is 5.03. The van der Waals surface area contributed by atoms with Gasteiger partial charge in [0, 0.05) is 23.6 Å². The average Bonchev–Trinajstić information content (AvgIpc) is 2.47. The summed E-state index contributed by atoms with van der Waals surface area (Å²) < 4.78 is 0. The molecule has 3 rings (SSSR count). The number of thiocarbonyl (C=S) groups is 1. The third-order valence-electron chi connectivity index (χ3n) is 3.80. The maximum atomic E-state index is 5.69. The van der Waals surface area contributed by atoms with E-state index in [9.17, 15) is 0 Å². The van der Waals surface area contributed by atoms with Crippen LogP contribution in [0.25, 0.3) is 0 Å². The van der Waals surface area contributed by atoms with Crippen LogP contribution in [-0.2, 0) is 6.42 Å².